The number of fused-ring (bicyclic) bond motifs is 1. The number of carbonyl (C=O) groups excluding carboxylic acids is 2. The van der Waals surface area contributed by atoms with Crippen LogP contribution in [0.2, 0.25) is 0 Å². The van der Waals surface area contributed by atoms with E-state index in [1.165, 1.54) is 13.2 Å². The summed E-state index contributed by atoms with van der Waals surface area (Å²) in [4.78, 5) is 22.2. The molecule has 2 aromatic rings. The van der Waals surface area contributed by atoms with Crippen LogP contribution < -0.4 is 0 Å². The average Bonchev–Trinajstić information content (AvgIpc) is 2.67. The van der Waals surface area contributed by atoms with E-state index in [0.717, 1.165) is 6.29 Å². The molecule has 2 heterocycles. The Balaban J connectivity index is 2.75. The van der Waals surface area contributed by atoms with Gasteiger partial charge in [-0.05, 0) is 18.2 Å². The summed E-state index contributed by atoms with van der Waals surface area (Å²) in [7, 11) is 1.31. The largest absolute Gasteiger partial charge is 0.464 e. The summed E-state index contributed by atoms with van der Waals surface area (Å²) < 4.78 is 6.26. The topological polar surface area (TPSA) is 47.8 Å². The highest BCUT2D eigenvalue weighted by Crippen LogP contribution is 2.15. The van der Waals surface area contributed by atoms with Crippen molar-refractivity contribution >= 4 is 17.8 Å². The van der Waals surface area contributed by atoms with E-state index in [9.17, 15) is 9.59 Å². The number of pyridine rings is 1. The predicted molar refractivity (Wildman–Crippen MR) is 54.1 cm³/mol. The van der Waals surface area contributed by atoms with Crippen molar-refractivity contribution in [1.29, 1.82) is 0 Å². The molecule has 0 spiro atoms. The van der Waals surface area contributed by atoms with Gasteiger partial charge in [0, 0.05) is 11.8 Å². The standard InChI is InChI=1S/C11H9NO3/c1-15-11(14)10-6-8(7-13)9-4-2-3-5-12(9)10/h2-7H,1H3. The van der Waals surface area contributed by atoms with Gasteiger partial charge < -0.3 is 9.14 Å². The molecule has 0 aliphatic rings. The SMILES string of the molecule is COC(=O)c1cc(C=O)c2ccccn12. The van der Waals surface area contributed by atoms with Gasteiger partial charge in [-0.3, -0.25) is 4.79 Å². The first-order valence-electron chi connectivity index (χ1n) is 4.41. The lowest BCUT2D eigenvalue weighted by Crippen LogP contribution is -2.04. The zero-order valence-corrected chi connectivity index (χ0v) is 8.14. The van der Waals surface area contributed by atoms with Gasteiger partial charge in [-0.2, -0.15) is 0 Å². The summed E-state index contributed by atoms with van der Waals surface area (Å²) in [5.74, 6) is -0.454. The fourth-order valence-corrected chi connectivity index (χ4v) is 1.54. The summed E-state index contributed by atoms with van der Waals surface area (Å²) in [6.07, 6.45) is 2.44. The maximum absolute atomic E-state index is 11.4. The first kappa shape index (κ1) is 9.45. The molecule has 0 radical (unpaired) electrons. The molecule has 0 bridgehead atoms. The summed E-state index contributed by atoms with van der Waals surface area (Å²) in [6.45, 7) is 0. The second kappa shape index (κ2) is 3.57. The molecular weight excluding hydrogens is 194 g/mol. The van der Waals surface area contributed by atoms with Crippen LogP contribution in [0.5, 0.6) is 0 Å². The number of hydrogen-bond acceptors (Lipinski definition) is 3. The summed E-state index contributed by atoms with van der Waals surface area (Å²) in [6, 6.07) is 6.89. The molecule has 2 aromatic heterocycles. The van der Waals surface area contributed by atoms with Crippen molar-refractivity contribution in [3.05, 3.63) is 41.7 Å². The molecule has 0 saturated heterocycles. The lowest BCUT2D eigenvalue weighted by Gasteiger charge is -1.99. The van der Waals surface area contributed by atoms with Crippen LogP contribution in [0.3, 0.4) is 0 Å². The first-order chi connectivity index (χ1) is 7.27. The normalized spacial score (nSPS) is 10.2. The van der Waals surface area contributed by atoms with E-state index in [1.807, 2.05) is 6.07 Å². The first-order valence-corrected chi connectivity index (χ1v) is 4.41. The van der Waals surface area contributed by atoms with Crippen molar-refractivity contribution in [2.75, 3.05) is 7.11 Å². The van der Waals surface area contributed by atoms with Crippen LogP contribution >= 0.6 is 0 Å². The Kier molecular flexibility index (Phi) is 2.25. The van der Waals surface area contributed by atoms with Crippen LogP contribution in [-0.4, -0.2) is 23.8 Å². The van der Waals surface area contributed by atoms with Crippen LogP contribution in [0, 0.1) is 0 Å². The summed E-state index contributed by atoms with van der Waals surface area (Å²) in [5, 5.41) is 0. The number of carbonyl (C=O) groups is 2. The highest BCUT2D eigenvalue weighted by atomic mass is 16.5. The lowest BCUT2D eigenvalue weighted by atomic mass is 10.3. The average molecular weight is 203 g/mol. The molecule has 0 amide bonds. The van der Waals surface area contributed by atoms with Crippen molar-refractivity contribution in [1.82, 2.24) is 4.40 Å². The van der Waals surface area contributed by atoms with Gasteiger partial charge in [0.25, 0.3) is 0 Å². The Labute approximate surface area is 86.1 Å². The molecular formula is C11H9NO3. The van der Waals surface area contributed by atoms with Crippen LogP contribution in [-0.2, 0) is 4.74 Å². The molecule has 0 fully saturated rings. The number of aldehydes is 1. The summed E-state index contributed by atoms with van der Waals surface area (Å²) >= 11 is 0. The Morgan fingerprint density at radius 1 is 1.47 bits per heavy atom. The monoisotopic (exact) mass is 203 g/mol. The van der Waals surface area contributed by atoms with Gasteiger partial charge in [0.1, 0.15) is 5.69 Å². The molecule has 4 heteroatoms. The van der Waals surface area contributed by atoms with Gasteiger partial charge in [-0.25, -0.2) is 4.79 Å². The molecule has 0 aliphatic heterocycles. The number of hydrogen-bond donors (Lipinski definition) is 0. The quantitative estimate of drug-likeness (QED) is 0.549. The Morgan fingerprint density at radius 2 is 2.27 bits per heavy atom. The van der Waals surface area contributed by atoms with E-state index >= 15 is 0 Å². The number of nitrogens with zero attached hydrogens (tertiary/aromatic N) is 1. The number of rotatable bonds is 2. The zero-order chi connectivity index (χ0) is 10.8. The van der Waals surface area contributed by atoms with Gasteiger partial charge >= 0.3 is 5.97 Å². The number of esters is 1. The van der Waals surface area contributed by atoms with Crippen LogP contribution in [0.25, 0.3) is 5.52 Å². The number of aromatic nitrogens is 1. The van der Waals surface area contributed by atoms with Crippen LogP contribution in [0.4, 0.5) is 0 Å². The van der Waals surface area contributed by atoms with E-state index < -0.39 is 5.97 Å². The van der Waals surface area contributed by atoms with Crippen molar-refractivity contribution in [3.63, 3.8) is 0 Å². The second-order valence-corrected chi connectivity index (χ2v) is 3.05. The van der Waals surface area contributed by atoms with Gasteiger partial charge in [0.15, 0.2) is 6.29 Å². The predicted octanol–water partition coefficient (Wildman–Crippen LogP) is 1.54. The van der Waals surface area contributed by atoms with E-state index in [-0.39, 0.29) is 0 Å². The fraction of sp³-hybridized carbons (Fsp3) is 0.0909. The Hall–Kier alpha value is -2.10. The molecule has 0 aromatic carbocycles. The highest BCUT2D eigenvalue weighted by molar-refractivity contribution is 5.96. The minimum absolute atomic E-state index is 0.357. The maximum atomic E-state index is 11.4. The van der Waals surface area contributed by atoms with Crippen LogP contribution in [0.1, 0.15) is 20.8 Å². The van der Waals surface area contributed by atoms with E-state index in [1.54, 1.807) is 22.7 Å². The van der Waals surface area contributed by atoms with E-state index in [4.69, 9.17) is 0 Å². The highest BCUT2D eigenvalue weighted by Gasteiger charge is 2.14. The lowest BCUT2D eigenvalue weighted by molar-refractivity contribution is 0.0593. The molecule has 0 aliphatic carbocycles. The maximum Gasteiger partial charge on any atom is 0.355 e. The van der Waals surface area contributed by atoms with Crippen molar-refractivity contribution in [2.24, 2.45) is 0 Å². The third-order valence-electron chi connectivity index (χ3n) is 2.23. The smallest absolute Gasteiger partial charge is 0.355 e. The minimum Gasteiger partial charge on any atom is -0.464 e. The van der Waals surface area contributed by atoms with Gasteiger partial charge in [0.2, 0.25) is 0 Å². The van der Waals surface area contributed by atoms with Gasteiger partial charge in [-0.1, -0.05) is 6.07 Å². The molecule has 2 rings (SSSR count). The molecule has 0 unspecified atom stereocenters. The second-order valence-electron chi connectivity index (χ2n) is 3.05. The van der Waals surface area contributed by atoms with E-state index in [2.05, 4.69) is 4.74 Å². The van der Waals surface area contributed by atoms with Gasteiger partial charge in [-0.15, -0.1) is 0 Å². The number of methoxy groups -OCH3 is 1. The molecule has 15 heavy (non-hydrogen) atoms. The molecule has 0 N–H and O–H groups in total. The van der Waals surface area contributed by atoms with Crippen molar-refractivity contribution in [2.45, 2.75) is 0 Å². The summed E-state index contributed by atoms with van der Waals surface area (Å²) in [5.41, 5.74) is 1.54. The molecule has 4 nitrogen and oxygen atoms in total. The van der Waals surface area contributed by atoms with Crippen LogP contribution in [0.15, 0.2) is 30.5 Å². The van der Waals surface area contributed by atoms with E-state index in [0.29, 0.717) is 16.8 Å². The zero-order valence-electron chi connectivity index (χ0n) is 8.14. The number of ether oxygens (including phenoxy) is 1. The fourth-order valence-electron chi connectivity index (χ4n) is 1.54. The third-order valence-corrected chi connectivity index (χ3v) is 2.23. The Morgan fingerprint density at radius 3 is 2.93 bits per heavy atom. The molecule has 0 atom stereocenters. The third kappa shape index (κ3) is 1.40. The van der Waals surface area contributed by atoms with Gasteiger partial charge in [0.05, 0.1) is 12.6 Å². The van der Waals surface area contributed by atoms with Crippen molar-refractivity contribution in [3.8, 4) is 0 Å². The van der Waals surface area contributed by atoms with Crippen molar-refractivity contribution < 1.29 is 14.3 Å². The Bertz CT molecular complexity index is 528. The molecule has 76 valence electrons. The minimum atomic E-state index is -0.454. The molecule has 0 saturated carbocycles.